The third kappa shape index (κ3) is 3.16. The van der Waals surface area contributed by atoms with Gasteiger partial charge in [-0.25, -0.2) is 0 Å². The van der Waals surface area contributed by atoms with Crippen molar-refractivity contribution in [2.24, 2.45) is 0 Å². The number of halogens is 1. The first kappa shape index (κ1) is 16.1. The van der Waals surface area contributed by atoms with Gasteiger partial charge in [0, 0.05) is 32.1 Å². The fraction of sp³-hybridized carbons (Fsp3) is 0.562. The first-order valence-electron chi connectivity index (χ1n) is 7.33. The standard InChI is InChI=1S/C16H22N2O2.ClH/c1-10-6-13-8-15(20-14(13)7-11(10)2)16(19)18-5-4-17-12(3)9-18;/h6-7,12,15,17H,4-5,8-9H2,1-3H3;1H. The Kier molecular flexibility index (Phi) is 4.79. The second kappa shape index (κ2) is 6.24. The number of piperazine rings is 1. The number of hydrogen-bond donors (Lipinski definition) is 1. The van der Waals surface area contributed by atoms with Gasteiger partial charge in [-0.2, -0.15) is 0 Å². The SMILES string of the molecule is Cc1cc2c(cc1C)OC(C(=O)N1CCNC(C)C1)C2.Cl. The Bertz CT molecular complexity index is 516. The van der Waals surface area contributed by atoms with Crippen molar-refractivity contribution < 1.29 is 9.53 Å². The van der Waals surface area contributed by atoms with Crippen LogP contribution < -0.4 is 10.1 Å². The maximum absolute atomic E-state index is 12.6. The lowest BCUT2D eigenvalue weighted by atomic mass is 10.0. The van der Waals surface area contributed by atoms with Crippen molar-refractivity contribution in [3.63, 3.8) is 0 Å². The van der Waals surface area contributed by atoms with Crippen molar-refractivity contribution >= 4 is 18.3 Å². The van der Waals surface area contributed by atoms with E-state index < -0.39 is 0 Å². The van der Waals surface area contributed by atoms with E-state index in [1.165, 1.54) is 11.1 Å². The molecule has 0 bridgehead atoms. The monoisotopic (exact) mass is 310 g/mol. The minimum absolute atomic E-state index is 0. The maximum Gasteiger partial charge on any atom is 0.264 e. The van der Waals surface area contributed by atoms with Gasteiger partial charge < -0.3 is 15.0 Å². The van der Waals surface area contributed by atoms with Crippen molar-refractivity contribution in [2.75, 3.05) is 19.6 Å². The summed E-state index contributed by atoms with van der Waals surface area (Å²) in [6.07, 6.45) is 0.365. The second-order valence-corrected chi connectivity index (χ2v) is 5.99. The van der Waals surface area contributed by atoms with E-state index in [4.69, 9.17) is 4.74 Å². The summed E-state index contributed by atoms with van der Waals surface area (Å²) < 4.78 is 5.88. The topological polar surface area (TPSA) is 41.6 Å². The molecule has 0 spiro atoms. The Morgan fingerprint density at radius 3 is 2.76 bits per heavy atom. The van der Waals surface area contributed by atoms with E-state index in [-0.39, 0.29) is 24.4 Å². The van der Waals surface area contributed by atoms with Crippen molar-refractivity contribution in [2.45, 2.75) is 39.3 Å². The molecule has 1 amide bonds. The summed E-state index contributed by atoms with van der Waals surface area (Å²) in [5, 5.41) is 3.35. The van der Waals surface area contributed by atoms with Gasteiger partial charge >= 0.3 is 0 Å². The largest absolute Gasteiger partial charge is 0.480 e. The highest BCUT2D eigenvalue weighted by Crippen LogP contribution is 2.32. The van der Waals surface area contributed by atoms with E-state index in [1.807, 2.05) is 4.90 Å². The smallest absolute Gasteiger partial charge is 0.264 e. The molecule has 2 heterocycles. The molecule has 0 aliphatic carbocycles. The number of fused-ring (bicyclic) bond motifs is 1. The zero-order valence-corrected chi connectivity index (χ0v) is 13.6. The predicted molar refractivity (Wildman–Crippen MR) is 85.3 cm³/mol. The van der Waals surface area contributed by atoms with Crippen LogP contribution in [0.25, 0.3) is 0 Å². The van der Waals surface area contributed by atoms with Gasteiger partial charge in [0.2, 0.25) is 0 Å². The molecule has 0 aromatic heterocycles. The lowest BCUT2D eigenvalue weighted by Gasteiger charge is -2.33. The molecule has 4 nitrogen and oxygen atoms in total. The Balaban J connectivity index is 0.00000161. The Morgan fingerprint density at radius 2 is 2.05 bits per heavy atom. The summed E-state index contributed by atoms with van der Waals surface area (Å²) >= 11 is 0. The van der Waals surface area contributed by atoms with Gasteiger partial charge in [0.05, 0.1) is 0 Å². The van der Waals surface area contributed by atoms with Crippen molar-refractivity contribution in [3.05, 3.63) is 28.8 Å². The van der Waals surface area contributed by atoms with E-state index in [0.29, 0.717) is 12.5 Å². The molecule has 1 aromatic carbocycles. The van der Waals surface area contributed by atoms with Crippen LogP contribution in [0.2, 0.25) is 0 Å². The number of ether oxygens (including phenoxy) is 1. The van der Waals surface area contributed by atoms with Crippen molar-refractivity contribution in [1.29, 1.82) is 0 Å². The summed E-state index contributed by atoms with van der Waals surface area (Å²) in [5.41, 5.74) is 3.64. The number of aryl methyl sites for hydroxylation is 2. The van der Waals surface area contributed by atoms with Crippen LogP contribution in [0, 0.1) is 13.8 Å². The second-order valence-electron chi connectivity index (χ2n) is 5.99. The number of carbonyl (C=O) groups is 1. The number of hydrogen-bond acceptors (Lipinski definition) is 3. The summed E-state index contributed by atoms with van der Waals surface area (Å²) in [6, 6.07) is 4.57. The number of benzene rings is 1. The minimum Gasteiger partial charge on any atom is -0.480 e. The number of nitrogens with one attached hydrogen (secondary N) is 1. The van der Waals surface area contributed by atoms with Gasteiger partial charge in [-0.15, -0.1) is 12.4 Å². The summed E-state index contributed by atoms with van der Waals surface area (Å²) in [5.74, 6) is 1.01. The molecule has 0 saturated carbocycles. The summed E-state index contributed by atoms with van der Waals surface area (Å²) in [4.78, 5) is 14.5. The molecule has 2 unspecified atom stereocenters. The van der Waals surface area contributed by atoms with Crippen LogP contribution in [0.5, 0.6) is 5.75 Å². The number of rotatable bonds is 1. The minimum atomic E-state index is -0.337. The molecule has 0 radical (unpaired) electrons. The van der Waals surface area contributed by atoms with Crippen LogP contribution in [-0.4, -0.2) is 42.6 Å². The van der Waals surface area contributed by atoms with Crippen LogP contribution in [-0.2, 0) is 11.2 Å². The van der Waals surface area contributed by atoms with E-state index in [2.05, 4.69) is 38.2 Å². The Morgan fingerprint density at radius 1 is 1.33 bits per heavy atom. The van der Waals surface area contributed by atoms with E-state index in [1.54, 1.807) is 0 Å². The predicted octanol–water partition coefficient (Wildman–Crippen LogP) is 1.85. The average molecular weight is 311 g/mol. The van der Waals surface area contributed by atoms with Gasteiger partial charge in [0.1, 0.15) is 5.75 Å². The van der Waals surface area contributed by atoms with Crippen LogP contribution in [0.1, 0.15) is 23.6 Å². The van der Waals surface area contributed by atoms with Crippen LogP contribution in [0.3, 0.4) is 0 Å². The highest BCUT2D eigenvalue weighted by molar-refractivity contribution is 5.85. The molecule has 1 aromatic rings. The summed E-state index contributed by atoms with van der Waals surface area (Å²) in [7, 11) is 0. The molecule has 1 N–H and O–H groups in total. The van der Waals surface area contributed by atoms with Gasteiger partial charge in [0.25, 0.3) is 5.91 Å². The number of amides is 1. The van der Waals surface area contributed by atoms with Gasteiger partial charge in [-0.3, -0.25) is 4.79 Å². The first-order valence-corrected chi connectivity index (χ1v) is 7.33. The third-order valence-electron chi connectivity index (χ3n) is 4.31. The highest BCUT2D eigenvalue weighted by Gasteiger charge is 2.34. The van der Waals surface area contributed by atoms with Gasteiger partial charge in [0.15, 0.2) is 6.10 Å². The van der Waals surface area contributed by atoms with E-state index in [9.17, 15) is 4.79 Å². The molecule has 2 aliphatic rings. The first-order chi connectivity index (χ1) is 9.54. The van der Waals surface area contributed by atoms with Crippen LogP contribution >= 0.6 is 12.4 Å². The molecule has 21 heavy (non-hydrogen) atoms. The fourth-order valence-electron chi connectivity index (χ4n) is 2.99. The average Bonchev–Trinajstić information content (AvgIpc) is 2.81. The van der Waals surface area contributed by atoms with Crippen molar-refractivity contribution in [1.82, 2.24) is 10.2 Å². The fourth-order valence-corrected chi connectivity index (χ4v) is 2.99. The molecule has 116 valence electrons. The normalized spacial score (nSPS) is 24.0. The molecule has 5 heteroatoms. The van der Waals surface area contributed by atoms with E-state index >= 15 is 0 Å². The lowest BCUT2D eigenvalue weighted by molar-refractivity contribution is -0.139. The molecular formula is C16H23ClN2O2. The lowest BCUT2D eigenvalue weighted by Crippen LogP contribution is -2.54. The molecule has 3 rings (SSSR count). The summed E-state index contributed by atoms with van der Waals surface area (Å²) in [6.45, 7) is 8.70. The Labute approximate surface area is 132 Å². The zero-order chi connectivity index (χ0) is 14.3. The number of nitrogens with zero attached hydrogens (tertiary/aromatic N) is 1. The molecule has 1 saturated heterocycles. The zero-order valence-electron chi connectivity index (χ0n) is 12.8. The maximum atomic E-state index is 12.6. The quantitative estimate of drug-likeness (QED) is 0.861. The van der Waals surface area contributed by atoms with Gasteiger partial charge in [-0.05, 0) is 43.5 Å². The third-order valence-corrected chi connectivity index (χ3v) is 4.31. The Hall–Kier alpha value is -1.26. The highest BCUT2D eigenvalue weighted by atomic mass is 35.5. The molecular weight excluding hydrogens is 288 g/mol. The van der Waals surface area contributed by atoms with Crippen LogP contribution in [0.4, 0.5) is 0 Å². The van der Waals surface area contributed by atoms with Crippen LogP contribution in [0.15, 0.2) is 12.1 Å². The van der Waals surface area contributed by atoms with E-state index in [0.717, 1.165) is 30.9 Å². The molecule has 2 atom stereocenters. The number of carbonyl (C=O) groups excluding carboxylic acids is 1. The van der Waals surface area contributed by atoms with Crippen molar-refractivity contribution in [3.8, 4) is 5.75 Å². The molecule has 2 aliphatic heterocycles. The van der Waals surface area contributed by atoms with Gasteiger partial charge in [-0.1, -0.05) is 6.07 Å². The molecule has 1 fully saturated rings.